The highest BCUT2D eigenvalue weighted by Gasteiger charge is 2.25. The van der Waals surface area contributed by atoms with Crippen LogP contribution in [0, 0.1) is 5.92 Å². The first-order valence-corrected chi connectivity index (χ1v) is 5.21. The molecule has 0 aromatic rings. The first-order chi connectivity index (χ1) is 6.47. The first-order valence-electron chi connectivity index (χ1n) is 5.21. The van der Waals surface area contributed by atoms with Crippen molar-refractivity contribution in [1.82, 2.24) is 0 Å². The Balaban J connectivity index is 2.87. The van der Waals surface area contributed by atoms with Gasteiger partial charge >= 0.3 is 0 Å². The molecule has 0 bridgehead atoms. The van der Waals surface area contributed by atoms with Crippen LogP contribution in [0.4, 0.5) is 0 Å². The van der Waals surface area contributed by atoms with Gasteiger partial charge in [-0.3, -0.25) is 5.26 Å². The molecule has 0 amide bonds. The minimum absolute atomic E-state index is 0.541. The summed E-state index contributed by atoms with van der Waals surface area (Å²) >= 11 is 0. The Morgan fingerprint density at radius 1 is 1.43 bits per heavy atom. The van der Waals surface area contributed by atoms with Crippen LogP contribution >= 0.6 is 0 Å². The van der Waals surface area contributed by atoms with Gasteiger partial charge in [0.15, 0.2) is 0 Å². The van der Waals surface area contributed by atoms with Crippen molar-refractivity contribution in [3.63, 3.8) is 0 Å². The average Bonchev–Trinajstić information content (AvgIpc) is 2.18. The second kappa shape index (κ2) is 4.28. The van der Waals surface area contributed by atoms with Crippen molar-refractivity contribution in [2.75, 3.05) is 0 Å². The van der Waals surface area contributed by atoms with Crippen LogP contribution in [0.15, 0.2) is 23.3 Å². The molecule has 0 unspecified atom stereocenters. The van der Waals surface area contributed by atoms with Crippen molar-refractivity contribution in [2.45, 2.75) is 46.1 Å². The van der Waals surface area contributed by atoms with Gasteiger partial charge in [-0.05, 0) is 43.8 Å². The minimum atomic E-state index is -0.547. The Labute approximate surface area is 86.2 Å². The van der Waals surface area contributed by atoms with Gasteiger partial charge in [0.2, 0.25) is 0 Å². The zero-order chi connectivity index (χ0) is 10.8. The monoisotopic (exact) mass is 196 g/mol. The van der Waals surface area contributed by atoms with Crippen LogP contribution in [0.3, 0.4) is 0 Å². The van der Waals surface area contributed by atoms with Gasteiger partial charge < -0.3 is 0 Å². The van der Waals surface area contributed by atoms with E-state index in [-0.39, 0.29) is 0 Å². The van der Waals surface area contributed by atoms with Gasteiger partial charge in [0, 0.05) is 0 Å². The maximum atomic E-state index is 8.81. The topological polar surface area (TPSA) is 29.5 Å². The lowest BCUT2D eigenvalue weighted by Crippen LogP contribution is -2.26. The summed E-state index contributed by atoms with van der Waals surface area (Å²) < 4.78 is 0. The number of hydrogen-bond donors (Lipinski definition) is 1. The largest absolute Gasteiger partial charge is 0.251 e. The Kier molecular flexibility index (Phi) is 3.51. The molecule has 0 spiro atoms. The highest BCUT2D eigenvalue weighted by atomic mass is 17.1. The number of hydrogen-bond acceptors (Lipinski definition) is 2. The molecule has 1 N–H and O–H groups in total. The van der Waals surface area contributed by atoms with Crippen LogP contribution < -0.4 is 0 Å². The van der Waals surface area contributed by atoms with E-state index < -0.39 is 5.60 Å². The Bertz CT molecular complexity index is 259. The van der Waals surface area contributed by atoms with E-state index in [1.807, 2.05) is 13.8 Å². The highest BCUT2D eigenvalue weighted by Crippen LogP contribution is 2.31. The van der Waals surface area contributed by atoms with Crippen LogP contribution in [-0.4, -0.2) is 10.9 Å². The molecule has 0 atom stereocenters. The fourth-order valence-corrected chi connectivity index (χ4v) is 1.66. The summed E-state index contributed by atoms with van der Waals surface area (Å²) in [4.78, 5) is 4.51. The number of allylic oxidation sites excluding steroid dienone is 3. The SMILES string of the molecule is CC(C)C1=CCCC(C(C)(C)OO)=C1. The molecule has 0 heterocycles. The predicted molar refractivity (Wildman–Crippen MR) is 58.0 cm³/mol. The summed E-state index contributed by atoms with van der Waals surface area (Å²) in [5.74, 6) is 0.541. The molecule has 0 radical (unpaired) electrons. The van der Waals surface area contributed by atoms with E-state index in [0.29, 0.717) is 5.92 Å². The van der Waals surface area contributed by atoms with E-state index in [9.17, 15) is 0 Å². The molecule has 0 aliphatic heterocycles. The molecule has 2 nitrogen and oxygen atoms in total. The van der Waals surface area contributed by atoms with Gasteiger partial charge in [-0.25, -0.2) is 4.89 Å². The maximum Gasteiger partial charge on any atom is 0.119 e. The first kappa shape index (κ1) is 11.5. The van der Waals surface area contributed by atoms with Crippen LogP contribution in [0.5, 0.6) is 0 Å². The average molecular weight is 196 g/mol. The molecule has 14 heavy (non-hydrogen) atoms. The molecule has 0 aromatic heterocycles. The normalized spacial score (nSPS) is 18.1. The zero-order valence-corrected chi connectivity index (χ0v) is 9.50. The molecule has 0 aromatic carbocycles. The van der Waals surface area contributed by atoms with Gasteiger partial charge in [-0.1, -0.05) is 26.0 Å². The third kappa shape index (κ3) is 2.46. The minimum Gasteiger partial charge on any atom is -0.251 e. The van der Waals surface area contributed by atoms with Gasteiger partial charge in [-0.2, -0.15) is 0 Å². The fraction of sp³-hybridized carbons (Fsp3) is 0.667. The van der Waals surface area contributed by atoms with Crippen LogP contribution in [0.25, 0.3) is 0 Å². The third-order valence-electron chi connectivity index (χ3n) is 2.80. The molecular formula is C12H20O2. The number of rotatable bonds is 3. The summed E-state index contributed by atoms with van der Waals surface area (Å²) in [6.45, 7) is 8.14. The molecule has 0 saturated heterocycles. The van der Waals surface area contributed by atoms with E-state index in [4.69, 9.17) is 5.26 Å². The standard InChI is InChI=1S/C12H20O2/c1-9(2)10-6-5-7-11(8-10)12(3,4)14-13/h6,8-9,13H,5,7H2,1-4H3. The Morgan fingerprint density at radius 3 is 2.57 bits per heavy atom. The van der Waals surface area contributed by atoms with Crippen LogP contribution in [-0.2, 0) is 4.89 Å². The van der Waals surface area contributed by atoms with Crippen molar-refractivity contribution in [3.05, 3.63) is 23.3 Å². The van der Waals surface area contributed by atoms with Crippen LogP contribution in [0.1, 0.15) is 40.5 Å². The fourth-order valence-electron chi connectivity index (χ4n) is 1.66. The van der Waals surface area contributed by atoms with Crippen molar-refractivity contribution in [3.8, 4) is 0 Å². The quantitative estimate of drug-likeness (QED) is 0.552. The molecule has 80 valence electrons. The lowest BCUT2D eigenvalue weighted by molar-refractivity contribution is -0.301. The van der Waals surface area contributed by atoms with Gasteiger partial charge in [-0.15, -0.1) is 0 Å². The maximum absolute atomic E-state index is 8.81. The molecule has 0 saturated carbocycles. The molecular weight excluding hydrogens is 176 g/mol. The Morgan fingerprint density at radius 2 is 2.07 bits per heavy atom. The van der Waals surface area contributed by atoms with Gasteiger partial charge in [0.25, 0.3) is 0 Å². The van der Waals surface area contributed by atoms with Crippen LogP contribution in [0.2, 0.25) is 0 Å². The van der Waals surface area contributed by atoms with E-state index in [2.05, 4.69) is 30.9 Å². The second-order valence-electron chi connectivity index (χ2n) is 4.67. The van der Waals surface area contributed by atoms with Crippen molar-refractivity contribution >= 4 is 0 Å². The lowest BCUT2D eigenvalue weighted by Gasteiger charge is -2.27. The van der Waals surface area contributed by atoms with E-state index in [1.165, 1.54) is 11.1 Å². The van der Waals surface area contributed by atoms with E-state index in [0.717, 1.165) is 12.8 Å². The summed E-state index contributed by atoms with van der Waals surface area (Å²) in [7, 11) is 0. The summed E-state index contributed by atoms with van der Waals surface area (Å²) in [6, 6.07) is 0. The summed E-state index contributed by atoms with van der Waals surface area (Å²) in [6.07, 6.45) is 6.45. The van der Waals surface area contributed by atoms with Crippen molar-refractivity contribution < 1.29 is 10.1 Å². The smallest absolute Gasteiger partial charge is 0.119 e. The van der Waals surface area contributed by atoms with Gasteiger partial charge in [0.05, 0.1) is 0 Å². The van der Waals surface area contributed by atoms with Gasteiger partial charge in [0.1, 0.15) is 5.60 Å². The van der Waals surface area contributed by atoms with E-state index >= 15 is 0 Å². The highest BCUT2D eigenvalue weighted by molar-refractivity contribution is 5.33. The zero-order valence-electron chi connectivity index (χ0n) is 9.50. The molecule has 0 fully saturated rings. The summed E-state index contributed by atoms with van der Waals surface area (Å²) in [5.41, 5.74) is 1.97. The predicted octanol–water partition coefficient (Wildman–Crippen LogP) is 3.56. The molecule has 1 aliphatic rings. The van der Waals surface area contributed by atoms with Crippen molar-refractivity contribution in [1.29, 1.82) is 0 Å². The Hall–Kier alpha value is -0.600. The second-order valence-corrected chi connectivity index (χ2v) is 4.67. The summed E-state index contributed by atoms with van der Waals surface area (Å²) in [5, 5.41) is 8.81. The molecule has 2 heteroatoms. The van der Waals surface area contributed by atoms with Crippen molar-refractivity contribution in [2.24, 2.45) is 5.92 Å². The third-order valence-corrected chi connectivity index (χ3v) is 2.80. The van der Waals surface area contributed by atoms with E-state index in [1.54, 1.807) is 0 Å². The lowest BCUT2D eigenvalue weighted by atomic mass is 9.85. The molecule has 1 rings (SSSR count). The molecule has 1 aliphatic carbocycles.